The number of piperazine rings is 1. The molecule has 7 heteroatoms. The lowest BCUT2D eigenvalue weighted by Crippen LogP contribution is -2.50. The largest absolute Gasteiger partial charge is 0.453 e. The van der Waals surface area contributed by atoms with Crippen molar-refractivity contribution in [1.29, 1.82) is 0 Å². The summed E-state index contributed by atoms with van der Waals surface area (Å²) in [5.74, 6) is -0.359. The molecule has 2 heterocycles. The first-order valence-electron chi connectivity index (χ1n) is 7.41. The Morgan fingerprint density at radius 1 is 1.09 bits per heavy atom. The Hall–Kier alpha value is -2.70. The quantitative estimate of drug-likeness (QED) is 0.852. The number of ether oxygens (including phenoxy) is 1. The highest BCUT2D eigenvalue weighted by Gasteiger charge is 2.23. The molecule has 0 bridgehead atoms. The normalized spacial score (nSPS) is 14.7. The van der Waals surface area contributed by atoms with Crippen molar-refractivity contribution in [3.05, 3.63) is 48.5 Å². The zero-order valence-electron chi connectivity index (χ0n) is 12.6. The zero-order chi connectivity index (χ0) is 16.1. The molecule has 0 N–H and O–H groups in total. The summed E-state index contributed by atoms with van der Waals surface area (Å²) in [6.07, 6.45) is 3.11. The molecule has 1 aliphatic rings. The van der Waals surface area contributed by atoms with Crippen molar-refractivity contribution >= 4 is 11.6 Å². The Bertz CT molecular complexity index is 660. The minimum atomic E-state index is -0.239. The molecule has 1 aromatic heterocycles. The predicted octanol–water partition coefficient (Wildman–Crippen LogP) is 1.34. The molecule has 0 unspecified atom stereocenters. The van der Waals surface area contributed by atoms with Crippen LogP contribution in [-0.4, -0.2) is 53.6 Å². The summed E-state index contributed by atoms with van der Waals surface area (Å²) in [7, 11) is 0. The Morgan fingerprint density at radius 2 is 1.78 bits per heavy atom. The molecule has 0 aliphatic carbocycles. The van der Waals surface area contributed by atoms with Gasteiger partial charge in [-0.15, -0.1) is 0 Å². The molecular weight excluding hydrogens is 299 g/mol. The standard InChI is InChI=1S/C16H17FN4O2/c17-13-4-1-2-5-14(13)20-8-10-21(11-9-20)15(22)12-23-16-18-6-3-7-19-16/h1-7H,8-12H2. The fourth-order valence-corrected chi connectivity index (χ4v) is 2.48. The van der Waals surface area contributed by atoms with Gasteiger partial charge < -0.3 is 14.5 Å². The predicted molar refractivity (Wildman–Crippen MR) is 82.7 cm³/mol. The smallest absolute Gasteiger partial charge is 0.316 e. The number of amides is 1. The molecular formula is C16H17FN4O2. The molecule has 120 valence electrons. The van der Waals surface area contributed by atoms with E-state index in [1.54, 1.807) is 35.5 Å². The Kier molecular flexibility index (Phi) is 4.65. The third-order valence-electron chi connectivity index (χ3n) is 3.69. The van der Waals surface area contributed by atoms with Gasteiger partial charge in [0.15, 0.2) is 6.61 Å². The van der Waals surface area contributed by atoms with E-state index >= 15 is 0 Å². The van der Waals surface area contributed by atoms with E-state index in [1.165, 1.54) is 6.07 Å². The molecule has 1 aromatic carbocycles. The Balaban J connectivity index is 1.50. The molecule has 2 aromatic rings. The van der Waals surface area contributed by atoms with Crippen molar-refractivity contribution < 1.29 is 13.9 Å². The number of anilines is 1. The van der Waals surface area contributed by atoms with Gasteiger partial charge in [0.2, 0.25) is 0 Å². The maximum atomic E-state index is 13.8. The number of aromatic nitrogens is 2. The van der Waals surface area contributed by atoms with Gasteiger partial charge in [-0.2, -0.15) is 0 Å². The van der Waals surface area contributed by atoms with Crippen molar-refractivity contribution in [3.63, 3.8) is 0 Å². The van der Waals surface area contributed by atoms with E-state index in [-0.39, 0.29) is 24.3 Å². The van der Waals surface area contributed by atoms with Gasteiger partial charge in [-0.1, -0.05) is 12.1 Å². The summed E-state index contributed by atoms with van der Waals surface area (Å²) in [5, 5.41) is 0. The summed E-state index contributed by atoms with van der Waals surface area (Å²) in [6, 6.07) is 8.54. The second-order valence-corrected chi connectivity index (χ2v) is 5.14. The number of benzene rings is 1. The van der Waals surface area contributed by atoms with Gasteiger partial charge >= 0.3 is 6.01 Å². The van der Waals surface area contributed by atoms with Gasteiger partial charge in [0.05, 0.1) is 5.69 Å². The highest BCUT2D eigenvalue weighted by atomic mass is 19.1. The highest BCUT2D eigenvalue weighted by molar-refractivity contribution is 5.78. The van der Waals surface area contributed by atoms with Crippen LogP contribution in [0, 0.1) is 5.82 Å². The molecule has 0 saturated carbocycles. The number of halogens is 1. The summed E-state index contributed by atoms with van der Waals surface area (Å²) < 4.78 is 19.0. The molecule has 1 saturated heterocycles. The molecule has 23 heavy (non-hydrogen) atoms. The topological polar surface area (TPSA) is 58.6 Å². The number of rotatable bonds is 4. The van der Waals surface area contributed by atoms with Crippen molar-refractivity contribution in [3.8, 4) is 6.01 Å². The Morgan fingerprint density at radius 3 is 2.48 bits per heavy atom. The van der Waals surface area contributed by atoms with E-state index in [2.05, 4.69) is 9.97 Å². The van der Waals surface area contributed by atoms with Crippen LogP contribution in [0.2, 0.25) is 0 Å². The SMILES string of the molecule is O=C(COc1ncccn1)N1CCN(c2ccccc2F)CC1. The molecule has 0 spiro atoms. The molecule has 0 atom stereocenters. The number of nitrogens with zero attached hydrogens (tertiary/aromatic N) is 4. The van der Waals surface area contributed by atoms with Crippen LogP contribution in [0.1, 0.15) is 0 Å². The lowest BCUT2D eigenvalue weighted by Gasteiger charge is -2.36. The second-order valence-electron chi connectivity index (χ2n) is 5.14. The van der Waals surface area contributed by atoms with Gasteiger partial charge in [-0.3, -0.25) is 4.79 Å². The number of hydrogen-bond acceptors (Lipinski definition) is 5. The van der Waals surface area contributed by atoms with E-state index in [0.29, 0.717) is 31.9 Å². The Labute approximate surface area is 133 Å². The van der Waals surface area contributed by atoms with Crippen LogP contribution in [0.4, 0.5) is 10.1 Å². The van der Waals surface area contributed by atoms with E-state index in [0.717, 1.165) is 0 Å². The maximum Gasteiger partial charge on any atom is 0.316 e. The van der Waals surface area contributed by atoms with Crippen LogP contribution in [0.3, 0.4) is 0 Å². The van der Waals surface area contributed by atoms with Crippen LogP contribution in [0.5, 0.6) is 6.01 Å². The van der Waals surface area contributed by atoms with E-state index in [9.17, 15) is 9.18 Å². The first-order chi connectivity index (χ1) is 11.2. The first-order valence-corrected chi connectivity index (χ1v) is 7.41. The maximum absolute atomic E-state index is 13.8. The van der Waals surface area contributed by atoms with Crippen LogP contribution in [0.25, 0.3) is 0 Å². The van der Waals surface area contributed by atoms with Crippen LogP contribution >= 0.6 is 0 Å². The van der Waals surface area contributed by atoms with Gasteiger partial charge in [0.1, 0.15) is 5.82 Å². The number of hydrogen-bond donors (Lipinski definition) is 0. The average Bonchev–Trinajstić information content (AvgIpc) is 2.61. The monoisotopic (exact) mass is 316 g/mol. The molecule has 0 radical (unpaired) electrons. The average molecular weight is 316 g/mol. The van der Waals surface area contributed by atoms with Gasteiger partial charge in [0, 0.05) is 38.6 Å². The number of para-hydroxylation sites is 1. The molecule has 3 rings (SSSR count). The third-order valence-corrected chi connectivity index (χ3v) is 3.69. The van der Waals surface area contributed by atoms with Gasteiger partial charge in [-0.25, -0.2) is 14.4 Å². The molecule has 1 aliphatic heterocycles. The summed E-state index contributed by atoms with van der Waals surface area (Å²) in [6.45, 7) is 2.16. The zero-order valence-corrected chi connectivity index (χ0v) is 12.6. The summed E-state index contributed by atoms with van der Waals surface area (Å²) in [4.78, 5) is 23.6. The van der Waals surface area contributed by atoms with E-state index in [1.807, 2.05) is 11.0 Å². The van der Waals surface area contributed by atoms with Crippen LogP contribution < -0.4 is 9.64 Å². The van der Waals surface area contributed by atoms with Crippen molar-refractivity contribution in [2.24, 2.45) is 0 Å². The van der Waals surface area contributed by atoms with Crippen molar-refractivity contribution in [2.75, 3.05) is 37.7 Å². The highest BCUT2D eigenvalue weighted by Crippen LogP contribution is 2.20. The van der Waals surface area contributed by atoms with Crippen molar-refractivity contribution in [1.82, 2.24) is 14.9 Å². The number of carbonyl (C=O) groups is 1. The minimum Gasteiger partial charge on any atom is -0.453 e. The number of carbonyl (C=O) groups excluding carboxylic acids is 1. The third kappa shape index (κ3) is 3.74. The van der Waals surface area contributed by atoms with Crippen LogP contribution in [-0.2, 0) is 4.79 Å². The van der Waals surface area contributed by atoms with Crippen molar-refractivity contribution in [2.45, 2.75) is 0 Å². The first kappa shape index (κ1) is 15.2. The van der Waals surface area contributed by atoms with E-state index < -0.39 is 0 Å². The minimum absolute atomic E-state index is 0.0935. The lowest BCUT2D eigenvalue weighted by atomic mass is 10.2. The fraction of sp³-hybridized carbons (Fsp3) is 0.312. The molecule has 1 amide bonds. The van der Waals surface area contributed by atoms with Gasteiger partial charge in [0.25, 0.3) is 5.91 Å². The summed E-state index contributed by atoms with van der Waals surface area (Å²) >= 11 is 0. The molecule has 1 fully saturated rings. The van der Waals surface area contributed by atoms with Gasteiger partial charge in [-0.05, 0) is 18.2 Å². The fourth-order valence-electron chi connectivity index (χ4n) is 2.48. The molecule has 6 nitrogen and oxygen atoms in total. The summed E-state index contributed by atoms with van der Waals surface area (Å²) in [5.41, 5.74) is 0.577. The second kappa shape index (κ2) is 7.04. The lowest BCUT2D eigenvalue weighted by molar-refractivity contribution is -0.133. The van der Waals surface area contributed by atoms with Crippen LogP contribution in [0.15, 0.2) is 42.7 Å². The van der Waals surface area contributed by atoms with E-state index in [4.69, 9.17) is 4.74 Å².